The smallest absolute Gasteiger partial charge is 0.263 e. The topological polar surface area (TPSA) is 51.2 Å². The van der Waals surface area contributed by atoms with Gasteiger partial charge in [-0.05, 0) is 76.6 Å². The van der Waals surface area contributed by atoms with Crippen LogP contribution in [0, 0.1) is 6.92 Å². The van der Waals surface area contributed by atoms with Crippen LogP contribution < -0.4 is 10.1 Å². The number of benzene rings is 1. The molecule has 0 bridgehead atoms. The molecule has 1 aliphatic carbocycles. The van der Waals surface area contributed by atoms with E-state index in [9.17, 15) is 4.79 Å². The molecule has 0 spiro atoms. The quantitative estimate of drug-likeness (QED) is 0.464. The molecule has 0 saturated carbocycles. The van der Waals surface area contributed by atoms with E-state index in [1.807, 2.05) is 12.1 Å². The minimum absolute atomic E-state index is 0.113. The predicted molar refractivity (Wildman–Crippen MR) is 133 cm³/mol. The molecule has 0 atom stereocenters. The van der Waals surface area contributed by atoms with Crippen molar-refractivity contribution in [2.45, 2.75) is 58.3 Å². The second-order valence-electron chi connectivity index (χ2n) is 9.66. The van der Waals surface area contributed by atoms with E-state index >= 15 is 0 Å². The minimum atomic E-state index is -0.165. The number of pyridine rings is 1. The van der Waals surface area contributed by atoms with Crippen molar-refractivity contribution in [2.75, 3.05) is 7.11 Å². The zero-order valence-electron chi connectivity index (χ0n) is 18.9. The van der Waals surface area contributed by atoms with Gasteiger partial charge in [-0.25, -0.2) is 4.98 Å². The highest BCUT2D eigenvalue weighted by molar-refractivity contribution is 8.26. The number of rotatable bonds is 3. The molecular formula is C25H28N2O2S2. The van der Waals surface area contributed by atoms with Crippen LogP contribution in [0.3, 0.4) is 0 Å². The van der Waals surface area contributed by atoms with E-state index < -0.39 is 0 Å². The number of carbonyl (C=O) groups is 1. The van der Waals surface area contributed by atoms with Crippen LogP contribution >= 0.6 is 24.0 Å². The van der Waals surface area contributed by atoms with E-state index in [-0.39, 0.29) is 16.7 Å². The first kappa shape index (κ1) is 22.0. The summed E-state index contributed by atoms with van der Waals surface area (Å²) in [6, 6.07) is 6.72. The summed E-state index contributed by atoms with van der Waals surface area (Å²) < 4.78 is 6.10. The summed E-state index contributed by atoms with van der Waals surface area (Å²) in [5, 5.41) is 2.66. The molecule has 0 radical (unpaired) electrons. The van der Waals surface area contributed by atoms with Crippen LogP contribution in [0.15, 0.2) is 29.3 Å². The van der Waals surface area contributed by atoms with Gasteiger partial charge in [0.25, 0.3) is 5.91 Å². The number of aryl methyl sites for hydroxylation is 1. The van der Waals surface area contributed by atoms with Gasteiger partial charge in [-0.2, -0.15) is 0 Å². The number of aromatic nitrogens is 1. The molecule has 1 aromatic heterocycles. The van der Waals surface area contributed by atoms with Crippen LogP contribution in [-0.4, -0.2) is 22.3 Å². The summed E-state index contributed by atoms with van der Waals surface area (Å²) in [7, 11) is 1.64. The lowest BCUT2D eigenvalue weighted by Crippen LogP contribution is -2.34. The number of hydrogen-bond donors (Lipinski definition) is 1. The van der Waals surface area contributed by atoms with Crippen molar-refractivity contribution in [2.24, 2.45) is 0 Å². The van der Waals surface area contributed by atoms with Gasteiger partial charge in [-0.1, -0.05) is 57.7 Å². The van der Waals surface area contributed by atoms with Gasteiger partial charge in [0, 0.05) is 11.8 Å². The Kier molecular flexibility index (Phi) is 5.51. The minimum Gasteiger partial charge on any atom is -0.481 e. The lowest BCUT2D eigenvalue weighted by atomic mass is 9.62. The summed E-state index contributed by atoms with van der Waals surface area (Å²) in [6.07, 6.45) is 5.89. The number of nitrogens with one attached hydrogen (secondary N) is 1. The second kappa shape index (κ2) is 7.75. The first-order valence-electron chi connectivity index (χ1n) is 10.5. The van der Waals surface area contributed by atoms with Crippen LogP contribution in [0.1, 0.15) is 62.8 Å². The Bertz CT molecular complexity index is 1130. The summed E-state index contributed by atoms with van der Waals surface area (Å²) in [5.41, 5.74) is 7.19. The number of methoxy groups -OCH3 is 1. The molecule has 31 heavy (non-hydrogen) atoms. The predicted octanol–water partition coefficient (Wildman–Crippen LogP) is 5.90. The molecular weight excluding hydrogens is 424 g/mol. The Morgan fingerprint density at radius 2 is 1.74 bits per heavy atom. The van der Waals surface area contributed by atoms with Crippen LogP contribution in [0.25, 0.3) is 17.2 Å². The number of amides is 1. The largest absolute Gasteiger partial charge is 0.481 e. The van der Waals surface area contributed by atoms with E-state index in [1.165, 1.54) is 34.9 Å². The van der Waals surface area contributed by atoms with Crippen LogP contribution in [0.4, 0.5) is 0 Å². The maximum absolute atomic E-state index is 12.1. The fraction of sp³-hybridized carbons (Fsp3) is 0.400. The lowest BCUT2D eigenvalue weighted by molar-refractivity contribution is -0.115. The molecule has 1 amide bonds. The molecule has 1 N–H and O–H groups in total. The fourth-order valence-corrected chi connectivity index (χ4v) is 5.53. The third kappa shape index (κ3) is 4.03. The molecule has 1 aliphatic heterocycles. The maximum atomic E-state index is 12.1. The maximum Gasteiger partial charge on any atom is 0.263 e. The van der Waals surface area contributed by atoms with Gasteiger partial charge in [-0.3, -0.25) is 4.79 Å². The van der Waals surface area contributed by atoms with Gasteiger partial charge in [0.15, 0.2) is 0 Å². The molecule has 1 aromatic carbocycles. The van der Waals surface area contributed by atoms with Crippen molar-refractivity contribution in [3.63, 3.8) is 0 Å². The van der Waals surface area contributed by atoms with Gasteiger partial charge >= 0.3 is 0 Å². The summed E-state index contributed by atoms with van der Waals surface area (Å²) in [5.74, 6) is 0.415. The monoisotopic (exact) mass is 452 g/mol. The van der Waals surface area contributed by atoms with Crippen molar-refractivity contribution < 1.29 is 9.53 Å². The summed E-state index contributed by atoms with van der Waals surface area (Å²) in [6.45, 7) is 11.5. The molecule has 2 heterocycles. The van der Waals surface area contributed by atoms with E-state index in [0.717, 1.165) is 23.1 Å². The number of hydrogen-bond acceptors (Lipinski definition) is 5. The van der Waals surface area contributed by atoms with Crippen molar-refractivity contribution in [1.82, 2.24) is 10.3 Å². The molecule has 2 aromatic rings. The van der Waals surface area contributed by atoms with Gasteiger partial charge < -0.3 is 10.1 Å². The summed E-state index contributed by atoms with van der Waals surface area (Å²) in [4.78, 5) is 17.2. The first-order chi connectivity index (χ1) is 14.5. The Hall–Kier alpha value is -2.18. The number of nitrogens with zero attached hydrogens (tertiary/aromatic N) is 1. The normalized spacial score (nSPS) is 20.5. The number of thioether (sulfide) groups is 1. The molecule has 4 rings (SSSR count). The number of thiocarbonyl (C=S) groups is 1. The van der Waals surface area contributed by atoms with Gasteiger partial charge in [0.2, 0.25) is 5.88 Å². The molecule has 2 aliphatic rings. The van der Waals surface area contributed by atoms with Gasteiger partial charge in [0.1, 0.15) is 4.32 Å². The van der Waals surface area contributed by atoms with Crippen LogP contribution in [0.5, 0.6) is 5.88 Å². The molecule has 1 saturated heterocycles. The lowest BCUT2D eigenvalue weighted by Gasteiger charge is -2.42. The number of carbonyl (C=O) groups excluding carboxylic acids is 1. The third-order valence-electron chi connectivity index (χ3n) is 6.49. The van der Waals surface area contributed by atoms with Crippen LogP contribution in [-0.2, 0) is 15.6 Å². The van der Waals surface area contributed by atoms with Crippen molar-refractivity contribution in [3.8, 4) is 17.0 Å². The van der Waals surface area contributed by atoms with Crippen molar-refractivity contribution in [1.29, 1.82) is 0 Å². The van der Waals surface area contributed by atoms with E-state index in [4.69, 9.17) is 17.0 Å². The molecule has 0 unspecified atom stereocenters. The SMILES string of the molecule is COc1ncc(/C=C2\SC(=S)NC2=O)cc1-c1cc2c(cc1C)C(C)(C)CCC2(C)C. The highest BCUT2D eigenvalue weighted by Crippen LogP contribution is 2.48. The molecule has 4 nitrogen and oxygen atoms in total. The zero-order chi connectivity index (χ0) is 22.6. The van der Waals surface area contributed by atoms with E-state index in [0.29, 0.717) is 15.1 Å². The average Bonchev–Trinajstić information content (AvgIpc) is 3.02. The van der Waals surface area contributed by atoms with Crippen LogP contribution in [0.2, 0.25) is 0 Å². The van der Waals surface area contributed by atoms with Gasteiger partial charge in [-0.15, -0.1) is 0 Å². The number of ether oxygens (including phenoxy) is 1. The Labute approximate surface area is 193 Å². The molecule has 1 fully saturated rings. The molecule has 6 heteroatoms. The molecule has 162 valence electrons. The Morgan fingerprint density at radius 1 is 1.10 bits per heavy atom. The first-order valence-corrected chi connectivity index (χ1v) is 11.7. The summed E-state index contributed by atoms with van der Waals surface area (Å²) >= 11 is 6.37. The van der Waals surface area contributed by atoms with Crippen molar-refractivity contribution in [3.05, 3.63) is 51.6 Å². The Morgan fingerprint density at radius 3 is 2.32 bits per heavy atom. The third-order valence-corrected chi connectivity index (χ3v) is 7.66. The zero-order valence-corrected chi connectivity index (χ0v) is 20.5. The fourth-order valence-electron chi connectivity index (χ4n) is 4.49. The highest BCUT2D eigenvalue weighted by Gasteiger charge is 2.37. The van der Waals surface area contributed by atoms with E-state index in [2.05, 4.69) is 57.1 Å². The Balaban J connectivity index is 1.87. The standard InChI is InChI=1S/C25H28N2O2S2/c1-14-9-18-19(25(4,5)8-7-24(18,2)3)12-16(14)17-10-15(13-26-22(17)29-6)11-20-21(28)27-23(30)31-20/h9-13H,7-8H2,1-6H3,(H,27,28,30)/b20-11-. The van der Waals surface area contributed by atoms with Crippen molar-refractivity contribution >= 4 is 40.3 Å². The highest BCUT2D eigenvalue weighted by atomic mass is 32.2. The number of fused-ring (bicyclic) bond motifs is 1. The average molecular weight is 453 g/mol. The van der Waals surface area contributed by atoms with Gasteiger partial charge in [0.05, 0.1) is 12.0 Å². The second-order valence-corrected chi connectivity index (χ2v) is 11.4. The van der Waals surface area contributed by atoms with E-state index in [1.54, 1.807) is 13.3 Å².